The molecule has 1 N–H and O–H groups in total. The average molecular weight is 474 g/mol. The first-order chi connectivity index (χ1) is 17.1. The number of nitrogens with one attached hydrogen (secondary N) is 1. The molecule has 1 aromatic heterocycles. The minimum atomic E-state index is -0.926. The Balaban J connectivity index is 1.33. The van der Waals surface area contributed by atoms with E-state index in [1.165, 1.54) is 0 Å². The minimum Gasteiger partial charge on any atom is -0.454 e. The summed E-state index contributed by atoms with van der Waals surface area (Å²) in [5.41, 5.74) is 1.31. The fourth-order valence-electron chi connectivity index (χ4n) is 3.81. The highest BCUT2D eigenvalue weighted by molar-refractivity contribution is 5.97. The molecule has 1 aliphatic heterocycles. The van der Waals surface area contributed by atoms with Crippen LogP contribution < -0.4 is 10.2 Å². The Labute approximate surface area is 203 Å². The van der Waals surface area contributed by atoms with Crippen LogP contribution in [0.2, 0.25) is 0 Å². The molecule has 4 rings (SSSR count). The fraction of sp³-hybridized carbons (Fsp3) is 0.269. The smallest absolute Gasteiger partial charge is 0.329 e. The molecule has 1 atom stereocenters. The molecule has 1 unspecified atom stereocenters. The predicted octanol–water partition coefficient (Wildman–Crippen LogP) is 1.71. The lowest BCUT2D eigenvalue weighted by molar-refractivity contribution is -0.153. The van der Waals surface area contributed by atoms with Gasteiger partial charge in [-0.3, -0.25) is 9.59 Å². The van der Waals surface area contributed by atoms with E-state index < -0.39 is 12.0 Å². The van der Waals surface area contributed by atoms with Gasteiger partial charge in [0.2, 0.25) is 5.95 Å². The van der Waals surface area contributed by atoms with Crippen molar-refractivity contribution in [1.29, 1.82) is 0 Å². The summed E-state index contributed by atoms with van der Waals surface area (Å²) < 4.78 is 5.36. The van der Waals surface area contributed by atoms with Crippen molar-refractivity contribution >= 4 is 23.7 Å². The van der Waals surface area contributed by atoms with Crippen LogP contribution in [0.4, 0.5) is 5.95 Å². The molecule has 2 aromatic carbocycles. The fourth-order valence-corrected chi connectivity index (χ4v) is 3.81. The maximum absolute atomic E-state index is 12.9. The molecular weight excluding hydrogens is 446 g/mol. The van der Waals surface area contributed by atoms with E-state index in [9.17, 15) is 14.4 Å². The molecular formula is C26H27N5O4. The zero-order valence-electron chi connectivity index (χ0n) is 19.2. The van der Waals surface area contributed by atoms with E-state index in [0.717, 1.165) is 5.56 Å². The first-order valence-corrected chi connectivity index (χ1v) is 11.5. The zero-order chi connectivity index (χ0) is 24.5. The van der Waals surface area contributed by atoms with Crippen LogP contribution in [0.15, 0.2) is 79.1 Å². The number of hydrogen-bond acceptors (Lipinski definition) is 7. The lowest BCUT2D eigenvalue weighted by Crippen LogP contribution is -2.51. The third-order valence-corrected chi connectivity index (χ3v) is 5.71. The number of nitrogens with zero attached hydrogens (tertiary/aromatic N) is 4. The van der Waals surface area contributed by atoms with Gasteiger partial charge in [-0.25, -0.2) is 14.8 Å². The van der Waals surface area contributed by atoms with E-state index >= 15 is 0 Å². The number of rotatable bonds is 8. The number of piperazine rings is 1. The SMILES string of the molecule is O=C(NC(Cc1ccccc1)C(=O)OCC(=O)N1CCN(c2ncccn2)CC1)c1ccccc1. The van der Waals surface area contributed by atoms with E-state index in [2.05, 4.69) is 15.3 Å². The van der Waals surface area contributed by atoms with Crippen molar-refractivity contribution < 1.29 is 19.1 Å². The van der Waals surface area contributed by atoms with E-state index in [0.29, 0.717) is 37.7 Å². The average Bonchev–Trinajstić information content (AvgIpc) is 2.92. The third-order valence-electron chi connectivity index (χ3n) is 5.71. The maximum atomic E-state index is 12.9. The summed E-state index contributed by atoms with van der Waals surface area (Å²) in [7, 11) is 0. The summed E-state index contributed by atoms with van der Waals surface area (Å²) in [6.45, 7) is 1.76. The molecule has 1 saturated heterocycles. The number of amides is 2. The van der Waals surface area contributed by atoms with Crippen molar-refractivity contribution in [3.8, 4) is 0 Å². The maximum Gasteiger partial charge on any atom is 0.329 e. The first-order valence-electron chi connectivity index (χ1n) is 11.5. The van der Waals surface area contributed by atoms with Crippen LogP contribution in [-0.4, -0.2) is 71.5 Å². The van der Waals surface area contributed by atoms with Crippen LogP contribution in [0.3, 0.4) is 0 Å². The highest BCUT2D eigenvalue weighted by atomic mass is 16.5. The molecule has 3 aromatic rings. The van der Waals surface area contributed by atoms with Gasteiger partial charge in [0.25, 0.3) is 11.8 Å². The van der Waals surface area contributed by atoms with Gasteiger partial charge in [0.1, 0.15) is 6.04 Å². The largest absolute Gasteiger partial charge is 0.454 e. The molecule has 35 heavy (non-hydrogen) atoms. The first kappa shape index (κ1) is 23.9. The standard InChI is InChI=1S/C26H27N5O4/c32-23(30-14-16-31(17-15-30)26-27-12-7-13-28-26)19-35-25(34)22(18-20-8-3-1-4-9-20)29-24(33)21-10-5-2-6-11-21/h1-13,22H,14-19H2,(H,29,33). The van der Waals surface area contributed by atoms with Crippen molar-refractivity contribution in [1.82, 2.24) is 20.2 Å². The summed E-state index contributed by atoms with van der Waals surface area (Å²) in [5, 5.41) is 2.75. The predicted molar refractivity (Wildman–Crippen MR) is 130 cm³/mol. The van der Waals surface area contributed by atoms with Crippen molar-refractivity contribution in [3.05, 3.63) is 90.3 Å². The van der Waals surface area contributed by atoms with Gasteiger partial charge in [-0.15, -0.1) is 0 Å². The van der Waals surface area contributed by atoms with Gasteiger partial charge in [0.15, 0.2) is 6.61 Å². The summed E-state index contributed by atoms with van der Waals surface area (Å²) in [6.07, 6.45) is 3.62. The van der Waals surface area contributed by atoms with Gasteiger partial charge in [-0.2, -0.15) is 0 Å². The third kappa shape index (κ3) is 6.63. The van der Waals surface area contributed by atoms with Gasteiger partial charge in [0, 0.05) is 50.6 Å². The van der Waals surface area contributed by atoms with Gasteiger partial charge in [-0.05, 0) is 23.8 Å². The number of carbonyl (C=O) groups excluding carboxylic acids is 3. The monoisotopic (exact) mass is 473 g/mol. The molecule has 0 aliphatic carbocycles. The second-order valence-corrected chi connectivity index (χ2v) is 8.11. The van der Waals surface area contributed by atoms with E-state index in [1.807, 2.05) is 41.3 Å². The number of benzene rings is 2. The summed E-state index contributed by atoms with van der Waals surface area (Å²) in [4.78, 5) is 50.4. The molecule has 2 heterocycles. The quantitative estimate of drug-likeness (QED) is 0.497. The highest BCUT2D eigenvalue weighted by Gasteiger charge is 2.27. The normalized spacial score (nSPS) is 14.2. The molecule has 9 heteroatoms. The molecule has 0 radical (unpaired) electrons. The summed E-state index contributed by atoms with van der Waals surface area (Å²) >= 11 is 0. The Hall–Kier alpha value is -4.27. The van der Waals surface area contributed by atoms with Crippen molar-refractivity contribution in [3.63, 3.8) is 0 Å². The molecule has 180 valence electrons. The molecule has 0 spiro atoms. The van der Waals surface area contributed by atoms with Crippen molar-refractivity contribution in [2.75, 3.05) is 37.7 Å². The van der Waals surface area contributed by atoms with E-state index in [-0.39, 0.29) is 24.8 Å². The Morgan fingerprint density at radius 2 is 1.49 bits per heavy atom. The Bertz CT molecular complexity index is 1120. The number of ether oxygens (including phenoxy) is 1. The van der Waals surface area contributed by atoms with Crippen molar-refractivity contribution in [2.24, 2.45) is 0 Å². The number of aromatic nitrogens is 2. The lowest BCUT2D eigenvalue weighted by Gasteiger charge is -2.34. The molecule has 1 aliphatic rings. The van der Waals surface area contributed by atoms with Gasteiger partial charge >= 0.3 is 5.97 Å². The zero-order valence-corrected chi connectivity index (χ0v) is 19.2. The minimum absolute atomic E-state index is 0.252. The number of anilines is 1. The molecule has 9 nitrogen and oxygen atoms in total. The van der Waals surface area contributed by atoms with E-state index in [1.54, 1.807) is 47.6 Å². The Morgan fingerprint density at radius 3 is 2.14 bits per heavy atom. The van der Waals surface area contributed by atoms with Crippen LogP contribution in [0, 0.1) is 0 Å². The number of esters is 1. The molecule has 2 amide bonds. The number of carbonyl (C=O) groups is 3. The number of hydrogen-bond donors (Lipinski definition) is 1. The van der Waals surface area contributed by atoms with Crippen molar-refractivity contribution in [2.45, 2.75) is 12.5 Å². The van der Waals surface area contributed by atoms with Crippen LogP contribution in [0.5, 0.6) is 0 Å². The highest BCUT2D eigenvalue weighted by Crippen LogP contribution is 2.11. The lowest BCUT2D eigenvalue weighted by atomic mass is 10.1. The van der Waals surface area contributed by atoms with Crippen LogP contribution in [-0.2, 0) is 20.7 Å². The summed E-state index contributed by atoms with van der Waals surface area (Å²) in [5.74, 6) is -0.680. The van der Waals surface area contributed by atoms with Gasteiger partial charge in [-0.1, -0.05) is 48.5 Å². The van der Waals surface area contributed by atoms with Gasteiger partial charge in [0.05, 0.1) is 0 Å². The topological polar surface area (TPSA) is 105 Å². The molecule has 0 bridgehead atoms. The molecule has 1 fully saturated rings. The Morgan fingerprint density at radius 1 is 0.857 bits per heavy atom. The Kier molecular flexibility index (Phi) is 8.00. The van der Waals surface area contributed by atoms with Gasteiger partial charge < -0.3 is 19.9 Å². The van der Waals surface area contributed by atoms with E-state index in [4.69, 9.17) is 4.74 Å². The second kappa shape index (κ2) is 11.7. The van der Waals surface area contributed by atoms with Crippen LogP contribution >= 0.6 is 0 Å². The van der Waals surface area contributed by atoms with Crippen LogP contribution in [0.25, 0.3) is 0 Å². The second-order valence-electron chi connectivity index (χ2n) is 8.11. The summed E-state index contributed by atoms with van der Waals surface area (Å²) in [6, 6.07) is 18.8. The molecule has 0 saturated carbocycles. The van der Waals surface area contributed by atoms with Crippen LogP contribution in [0.1, 0.15) is 15.9 Å².